The second-order valence-corrected chi connectivity index (χ2v) is 5.59. The molecule has 24 heavy (non-hydrogen) atoms. The van der Waals surface area contributed by atoms with Crippen molar-refractivity contribution in [1.82, 2.24) is 9.88 Å². The highest BCUT2D eigenvalue weighted by molar-refractivity contribution is 5.89. The SMILES string of the molecule is COc1cc(CN(C)C(=O)Nc2ccc(N(C)C)nc2)ccc1O. The third-order valence-corrected chi connectivity index (χ3v) is 3.47. The lowest BCUT2D eigenvalue weighted by Crippen LogP contribution is -2.30. The first-order valence-electron chi connectivity index (χ1n) is 7.42. The van der Waals surface area contributed by atoms with E-state index in [0.717, 1.165) is 11.4 Å². The van der Waals surface area contributed by atoms with Crippen molar-refractivity contribution in [2.75, 3.05) is 38.5 Å². The number of ether oxygens (including phenoxy) is 1. The number of rotatable bonds is 5. The Kier molecular flexibility index (Phi) is 5.47. The normalized spacial score (nSPS) is 10.2. The Hall–Kier alpha value is -2.96. The molecule has 0 aliphatic carbocycles. The van der Waals surface area contributed by atoms with Crippen LogP contribution >= 0.6 is 0 Å². The highest BCUT2D eigenvalue weighted by Gasteiger charge is 2.11. The Labute approximate surface area is 141 Å². The van der Waals surface area contributed by atoms with Gasteiger partial charge >= 0.3 is 6.03 Å². The van der Waals surface area contributed by atoms with Crippen LogP contribution in [0.25, 0.3) is 0 Å². The first-order chi connectivity index (χ1) is 11.4. The van der Waals surface area contributed by atoms with Gasteiger partial charge in [0.1, 0.15) is 5.82 Å². The van der Waals surface area contributed by atoms with Gasteiger partial charge in [0.2, 0.25) is 0 Å². The van der Waals surface area contributed by atoms with Gasteiger partial charge in [-0.3, -0.25) is 0 Å². The van der Waals surface area contributed by atoms with E-state index in [-0.39, 0.29) is 11.8 Å². The maximum absolute atomic E-state index is 12.3. The van der Waals surface area contributed by atoms with Crippen molar-refractivity contribution in [3.63, 3.8) is 0 Å². The Morgan fingerprint density at radius 3 is 2.58 bits per heavy atom. The summed E-state index contributed by atoms with van der Waals surface area (Å²) >= 11 is 0. The molecule has 0 atom stereocenters. The lowest BCUT2D eigenvalue weighted by molar-refractivity contribution is 0.220. The predicted octanol–water partition coefficient (Wildman–Crippen LogP) is 2.53. The molecule has 0 bridgehead atoms. The quantitative estimate of drug-likeness (QED) is 0.881. The number of phenolic OH excluding ortho intramolecular Hbond substituents is 1. The van der Waals surface area contributed by atoms with Crippen molar-refractivity contribution >= 4 is 17.5 Å². The molecule has 7 heteroatoms. The lowest BCUT2D eigenvalue weighted by atomic mass is 10.2. The van der Waals surface area contributed by atoms with Crippen LogP contribution in [0.5, 0.6) is 11.5 Å². The number of nitrogens with one attached hydrogen (secondary N) is 1. The van der Waals surface area contributed by atoms with E-state index in [4.69, 9.17) is 4.74 Å². The van der Waals surface area contributed by atoms with Gasteiger partial charge in [-0.1, -0.05) is 6.07 Å². The molecule has 0 spiro atoms. The molecule has 2 rings (SSSR count). The van der Waals surface area contributed by atoms with Crippen molar-refractivity contribution in [3.8, 4) is 11.5 Å². The number of carbonyl (C=O) groups excluding carboxylic acids is 1. The Balaban J connectivity index is 1.99. The molecule has 0 unspecified atom stereocenters. The molecule has 0 radical (unpaired) electrons. The van der Waals surface area contributed by atoms with E-state index in [1.54, 1.807) is 37.5 Å². The Morgan fingerprint density at radius 2 is 2.00 bits per heavy atom. The van der Waals surface area contributed by atoms with Gasteiger partial charge in [-0.25, -0.2) is 9.78 Å². The van der Waals surface area contributed by atoms with Crippen molar-refractivity contribution in [3.05, 3.63) is 42.1 Å². The molecule has 1 heterocycles. The molecule has 2 amide bonds. The summed E-state index contributed by atoms with van der Waals surface area (Å²) in [4.78, 5) is 19.9. The van der Waals surface area contributed by atoms with Gasteiger partial charge in [0.15, 0.2) is 11.5 Å². The van der Waals surface area contributed by atoms with Crippen LogP contribution in [0.2, 0.25) is 0 Å². The van der Waals surface area contributed by atoms with Crippen molar-refractivity contribution in [2.45, 2.75) is 6.54 Å². The summed E-state index contributed by atoms with van der Waals surface area (Å²) in [7, 11) is 6.98. The van der Waals surface area contributed by atoms with Gasteiger partial charge in [0.25, 0.3) is 0 Å². The van der Waals surface area contributed by atoms with Crippen molar-refractivity contribution < 1.29 is 14.6 Å². The first kappa shape index (κ1) is 17.4. The molecule has 1 aromatic carbocycles. The summed E-state index contributed by atoms with van der Waals surface area (Å²) in [5, 5.41) is 12.4. The minimum absolute atomic E-state index is 0.0698. The molecule has 2 aromatic rings. The van der Waals surface area contributed by atoms with Crippen LogP contribution in [0.3, 0.4) is 0 Å². The number of aromatic hydroxyl groups is 1. The summed E-state index contributed by atoms with van der Waals surface area (Å²) in [5.74, 6) is 1.27. The molecule has 0 fully saturated rings. The van der Waals surface area contributed by atoms with Crippen LogP contribution in [-0.4, -0.2) is 49.3 Å². The van der Waals surface area contributed by atoms with Gasteiger partial charge in [0.05, 0.1) is 19.0 Å². The highest BCUT2D eigenvalue weighted by Crippen LogP contribution is 2.26. The number of aromatic nitrogens is 1. The average molecular weight is 330 g/mol. The zero-order valence-electron chi connectivity index (χ0n) is 14.3. The van der Waals surface area contributed by atoms with E-state index in [9.17, 15) is 9.90 Å². The fraction of sp³-hybridized carbons (Fsp3) is 0.294. The number of hydrogen-bond donors (Lipinski definition) is 2. The molecule has 128 valence electrons. The number of pyridine rings is 1. The number of amides is 2. The van der Waals surface area contributed by atoms with Crippen molar-refractivity contribution in [2.24, 2.45) is 0 Å². The van der Waals surface area contributed by atoms with Crippen molar-refractivity contribution in [1.29, 1.82) is 0 Å². The second kappa shape index (κ2) is 7.54. The number of carbonyl (C=O) groups is 1. The first-order valence-corrected chi connectivity index (χ1v) is 7.42. The van der Waals surface area contributed by atoms with E-state index in [1.165, 1.54) is 12.0 Å². The Bertz CT molecular complexity index is 701. The van der Waals surface area contributed by atoms with Crippen LogP contribution in [0.4, 0.5) is 16.3 Å². The number of phenols is 1. The van der Waals surface area contributed by atoms with Crippen LogP contribution in [-0.2, 0) is 6.54 Å². The summed E-state index contributed by atoms with van der Waals surface area (Å²) in [6, 6.07) is 8.38. The predicted molar refractivity (Wildman–Crippen MR) is 93.7 cm³/mol. The number of urea groups is 1. The van der Waals surface area contributed by atoms with Crippen LogP contribution in [0.1, 0.15) is 5.56 Å². The maximum atomic E-state index is 12.3. The number of methoxy groups -OCH3 is 1. The van der Waals surface area contributed by atoms with Crippen LogP contribution in [0, 0.1) is 0 Å². The molecule has 7 nitrogen and oxygen atoms in total. The smallest absolute Gasteiger partial charge is 0.321 e. The summed E-state index contributed by atoms with van der Waals surface area (Å²) in [5.41, 5.74) is 1.48. The van der Waals surface area contributed by atoms with E-state index < -0.39 is 0 Å². The molecular weight excluding hydrogens is 308 g/mol. The number of nitrogens with zero attached hydrogens (tertiary/aromatic N) is 3. The molecule has 2 N–H and O–H groups in total. The monoisotopic (exact) mass is 330 g/mol. The fourth-order valence-corrected chi connectivity index (χ4v) is 2.11. The zero-order chi connectivity index (χ0) is 17.7. The number of benzene rings is 1. The van der Waals surface area contributed by atoms with Gasteiger partial charge in [-0.15, -0.1) is 0 Å². The number of anilines is 2. The molecule has 0 saturated carbocycles. The van der Waals surface area contributed by atoms with Gasteiger partial charge < -0.3 is 25.0 Å². The lowest BCUT2D eigenvalue weighted by Gasteiger charge is -2.19. The minimum Gasteiger partial charge on any atom is -0.504 e. The van der Waals surface area contributed by atoms with Crippen LogP contribution in [0.15, 0.2) is 36.5 Å². The zero-order valence-corrected chi connectivity index (χ0v) is 14.3. The van der Waals surface area contributed by atoms with Gasteiger partial charge in [-0.2, -0.15) is 0 Å². The van der Waals surface area contributed by atoms with E-state index in [2.05, 4.69) is 10.3 Å². The topological polar surface area (TPSA) is 77.9 Å². The fourth-order valence-electron chi connectivity index (χ4n) is 2.11. The maximum Gasteiger partial charge on any atom is 0.321 e. The third-order valence-electron chi connectivity index (χ3n) is 3.47. The molecule has 1 aromatic heterocycles. The van der Waals surface area contributed by atoms with Gasteiger partial charge in [0, 0.05) is 27.7 Å². The third kappa shape index (κ3) is 4.28. The summed E-state index contributed by atoms with van der Waals surface area (Å²) in [6.45, 7) is 0.381. The minimum atomic E-state index is -0.249. The molecule has 0 aliphatic heterocycles. The molecular formula is C17H22N4O3. The summed E-state index contributed by atoms with van der Waals surface area (Å²) in [6.07, 6.45) is 1.62. The van der Waals surface area contributed by atoms with E-state index in [1.807, 2.05) is 25.1 Å². The highest BCUT2D eigenvalue weighted by atomic mass is 16.5. The van der Waals surface area contributed by atoms with E-state index >= 15 is 0 Å². The largest absolute Gasteiger partial charge is 0.504 e. The van der Waals surface area contributed by atoms with Crippen LogP contribution < -0.4 is 15.0 Å². The van der Waals surface area contributed by atoms with E-state index in [0.29, 0.717) is 18.0 Å². The average Bonchev–Trinajstić information content (AvgIpc) is 2.57. The standard InChI is InChI=1S/C17H22N4O3/c1-20(2)16-8-6-13(10-18-16)19-17(23)21(3)11-12-5-7-14(22)15(9-12)24-4/h5-10,22H,11H2,1-4H3,(H,19,23). The Morgan fingerprint density at radius 1 is 1.25 bits per heavy atom. The molecule has 0 saturated heterocycles. The second-order valence-electron chi connectivity index (χ2n) is 5.59. The number of hydrogen-bond acceptors (Lipinski definition) is 5. The molecule has 0 aliphatic rings. The van der Waals surface area contributed by atoms with Gasteiger partial charge in [-0.05, 0) is 29.8 Å². The summed E-state index contributed by atoms with van der Waals surface area (Å²) < 4.78 is 5.07.